The number of nitrogens with zero attached hydrogens (tertiary/aromatic N) is 3. The minimum Gasteiger partial charge on any atom is -0.354 e. The molecule has 0 bridgehead atoms. The lowest BCUT2D eigenvalue weighted by Gasteiger charge is -2.18. The summed E-state index contributed by atoms with van der Waals surface area (Å²) in [4.78, 5) is 15.5. The van der Waals surface area contributed by atoms with E-state index in [-0.39, 0.29) is 5.69 Å². The maximum Gasteiger partial charge on any atom is 0.312 e. The number of benzene rings is 1. The standard InChI is InChI=1S/C12H13Br2N5O2/c13-7-6-2-1-5-18-10(6)9(11(8(7)14)19(20)21)17-12(18)16-4-3-15/h1-5,15H2,(H,16,17). The Labute approximate surface area is 137 Å². The van der Waals surface area contributed by atoms with Crippen molar-refractivity contribution >= 4 is 54.5 Å². The van der Waals surface area contributed by atoms with Crippen LogP contribution in [0.5, 0.6) is 0 Å². The van der Waals surface area contributed by atoms with Crippen molar-refractivity contribution in [3.8, 4) is 0 Å². The third-order valence-corrected chi connectivity index (χ3v) is 5.74. The van der Waals surface area contributed by atoms with E-state index < -0.39 is 4.92 Å². The molecular weight excluding hydrogens is 406 g/mol. The maximum absolute atomic E-state index is 11.4. The first-order chi connectivity index (χ1) is 10.1. The zero-order chi connectivity index (χ0) is 15.1. The number of nitro benzene ring substituents is 1. The number of nitro groups is 1. The molecule has 1 aliphatic heterocycles. The molecule has 0 saturated heterocycles. The fourth-order valence-corrected chi connectivity index (χ4v) is 3.86. The van der Waals surface area contributed by atoms with Gasteiger partial charge in [-0.2, -0.15) is 0 Å². The number of rotatable bonds is 4. The van der Waals surface area contributed by atoms with Crippen molar-refractivity contribution in [1.29, 1.82) is 0 Å². The molecule has 7 nitrogen and oxygen atoms in total. The smallest absolute Gasteiger partial charge is 0.312 e. The largest absolute Gasteiger partial charge is 0.354 e. The van der Waals surface area contributed by atoms with Crippen LogP contribution in [0.4, 0.5) is 11.6 Å². The average molecular weight is 419 g/mol. The zero-order valence-corrected chi connectivity index (χ0v) is 14.2. The number of hydrogen-bond donors (Lipinski definition) is 2. The summed E-state index contributed by atoms with van der Waals surface area (Å²) in [7, 11) is 0. The summed E-state index contributed by atoms with van der Waals surface area (Å²) in [5, 5.41) is 14.5. The van der Waals surface area contributed by atoms with E-state index in [0.717, 1.165) is 34.9 Å². The van der Waals surface area contributed by atoms with Gasteiger partial charge in [0.2, 0.25) is 5.95 Å². The number of halogens is 2. The van der Waals surface area contributed by atoms with Crippen LogP contribution in [0.3, 0.4) is 0 Å². The lowest BCUT2D eigenvalue weighted by Crippen LogP contribution is -2.17. The van der Waals surface area contributed by atoms with Gasteiger partial charge in [-0.25, -0.2) is 4.98 Å². The number of anilines is 1. The Morgan fingerprint density at radius 1 is 1.43 bits per heavy atom. The van der Waals surface area contributed by atoms with E-state index in [1.54, 1.807) is 0 Å². The van der Waals surface area contributed by atoms with Crippen LogP contribution < -0.4 is 11.1 Å². The zero-order valence-electron chi connectivity index (χ0n) is 11.0. The first-order valence-electron chi connectivity index (χ1n) is 6.54. The number of hydrogen-bond acceptors (Lipinski definition) is 5. The molecule has 0 unspecified atom stereocenters. The van der Waals surface area contributed by atoms with Crippen molar-refractivity contribution in [2.45, 2.75) is 19.4 Å². The highest BCUT2D eigenvalue weighted by Gasteiger charge is 2.30. The van der Waals surface area contributed by atoms with E-state index >= 15 is 0 Å². The second-order valence-corrected chi connectivity index (χ2v) is 6.40. The van der Waals surface area contributed by atoms with E-state index in [1.165, 1.54) is 0 Å². The topological polar surface area (TPSA) is 99.0 Å². The van der Waals surface area contributed by atoms with Gasteiger partial charge in [0.05, 0.1) is 10.4 Å². The van der Waals surface area contributed by atoms with E-state index in [0.29, 0.717) is 29.0 Å². The lowest BCUT2D eigenvalue weighted by atomic mass is 10.0. The molecule has 1 aromatic carbocycles. The first kappa shape index (κ1) is 14.7. The summed E-state index contributed by atoms with van der Waals surface area (Å²) < 4.78 is 3.20. The Kier molecular flexibility index (Phi) is 3.89. The summed E-state index contributed by atoms with van der Waals surface area (Å²) in [5.74, 6) is 0.643. The van der Waals surface area contributed by atoms with Gasteiger partial charge in [-0.05, 0) is 50.3 Å². The molecule has 0 fully saturated rings. The highest BCUT2D eigenvalue weighted by molar-refractivity contribution is 9.13. The number of nitrogens with two attached hydrogens (primary N) is 1. The lowest BCUT2D eigenvalue weighted by molar-refractivity contribution is -0.384. The molecule has 0 aliphatic carbocycles. The molecule has 1 aliphatic rings. The second kappa shape index (κ2) is 5.54. The Morgan fingerprint density at radius 2 is 2.19 bits per heavy atom. The molecule has 3 rings (SSSR count). The van der Waals surface area contributed by atoms with Crippen LogP contribution in [0, 0.1) is 10.1 Å². The predicted molar refractivity (Wildman–Crippen MR) is 87.7 cm³/mol. The van der Waals surface area contributed by atoms with E-state index in [1.807, 2.05) is 4.57 Å². The molecule has 1 aromatic heterocycles. The van der Waals surface area contributed by atoms with Crippen LogP contribution in [0.2, 0.25) is 0 Å². The Hall–Kier alpha value is -1.19. The summed E-state index contributed by atoms with van der Waals surface area (Å²) in [5.41, 5.74) is 7.82. The molecule has 2 aromatic rings. The first-order valence-corrected chi connectivity index (χ1v) is 8.13. The average Bonchev–Trinajstić information content (AvgIpc) is 2.82. The van der Waals surface area contributed by atoms with E-state index in [2.05, 4.69) is 42.2 Å². The second-order valence-electron chi connectivity index (χ2n) is 4.82. The summed E-state index contributed by atoms with van der Waals surface area (Å²) >= 11 is 6.80. The Bertz CT molecular complexity index is 743. The number of imidazole rings is 1. The van der Waals surface area contributed by atoms with Crippen molar-refractivity contribution < 1.29 is 4.92 Å². The van der Waals surface area contributed by atoms with Crippen LogP contribution in [-0.4, -0.2) is 27.6 Å². The third-order valence-electron chi connectivity index (χ3n) is 3.56. The van der Waals surface area contributed by atoms with E-state index in [9.17, 15) is 10.1 Å². The summed E-state index contributed by atoms with van der Waals surface area (Å²) in [6, 6.07) is 0. The quantitative estimate of drug-likeness (QED) is 0.587. The fraction of sp³-hybridized carbons (Fsp3) is 0.417. The normalized spacial score (nSPS) is 13.7. The van der Waals surface area contributed by atoms with Gasteiger partial charge in [-0.1, -0.05) is 0 Å². The number of aromatic nitrogens is 2. The van der Waals surface area contributed by atoms with Crippen molar-refractivity contribution in [2.75, 3.05) is 18.4 Å². The number of nitrogens with one attached hydrogen (secondary N) is 1. The molecule has 0 amide bonds. The highest BCUT2D eigenvalue weighted by atomic mass is 79.9. The molecule has 0 spiro atoms. The summed E-state index contributed by atoms with van der Waals surface area (Å²) in [6.45, 7) is 1.85. The predicted octanol–water partition coefficient (Wildman–Crippen LogP) is 2.79. The highest BCUT2D eigenvalue weighted by Crippen LogP contribution is 2.44. The molecule has 21 heavy (non-hydrogen) atoms. The molecule has 0 radical (unpaired) electrons. The molecule has 0 saturated carbocycles. The summed E-state index contributed by atoms with van der Waals surface area (Å²) in [6.07, 6.45) is 1.84. The van der Waals surface area contributed by atoms with Gasteiger partial charge in [0, 0.05) is 24.1 Å². The maximum atomic E-state index is 11.4. The Balaban J connectivity index is 2.35. The fourth-order valence-electron chi connectivity index (χ4n) is 2.71. The monoisotopic (exact) mass is 417 g/mol. The van der Waals surface area contributed by atoms with Gasteiger partial charge >= 0.3 is 5.69 Å². The van der Waals surface area contributed by atoms with Gasteiger partial charge in [-0.3, -0.25) is 10.1 Å². The minimum absolute atomic E-state index is 0.00271. The van der Waals surface area contributed by atoms with Crippen molar-refractivity contribution in [1.82, 2.24) is 9.55 Å². The van der Waals surface area contributed by atoms with Crippen LogP contribution in [0.25, 0.3) is 11.0 Å². The van der Waals surface area contributed by atoms with Crippen LogP contribution >= 0.6 is 31.9 Å². The van der Waals surface area contributed by atoms with Crippen molar-refractivity contribution in [2.24, 2.45) is 5.73 Å². The van der Waals surface area contributed by atoms with Crippen LogP contribution in [-0.2, 0) is 13.0 Å². The molecule has 2 heterocycles. The van der Waals surface area contributed by atoms with Crippen molar-refractivity contribution in [3.63, 3.8) is 0 Å². The Morgan fingerprint density at radius 3 is 2.86 bits per heavy atom. The SMILES string of the molecule is NCCNc1nc2c([N+](=O)[O-])c(Br)c(Br)c3c2n1CCC3. The van der Waals surface area contributed by atoms with Gasteiger partial charge in [-0.15, -0.1) is 0 Å². The van der Waals surface area contributed by atoms with Crippen LogP contribution in [0.15, 0.2) is 8.95 Å². The number of aryl methyl sites for hydroxylation is 2. The van der Waals surface area contributed by atoms with Gasteiger partial charge in [0.15, 0.2) is 5.52 Å². The van der Waals surface area contributed by atoms with Gasteiger partial charge < -0.3 is 15.6 Å². The minimum atomic E-state index is -0.396. The molecule has 112 valence electrons. The molecule has 9 heteroatoms. The van der Waals surface area contributed by atoms with Gasteiger partial charge in [0.25, 0.3) is 0 Å². The third kappa shape index (κ3) is 2.23. The molecule has 3 N–H and O–H groups in total. The van der Waals surface area contributed by atoms with Crippen LogP contribution in [0.1, 0.15) is 12.0 Å². The van der Waals surface area contributed by atoms with E-state index in [4.69, 9.17) is 5.73 Å². The van der Waals surface area contributed by atoms with Crippen molar-refractivity contribution in [3.05, 3.63) is 24.6 Å². The molecular formula is C12H13Br2N5O2. The van der Waals surface area contributed by atoms with Gasteiger partial charge in [0.1, 0.15) is 4.47 Å². The molecule has 0 atom stereocenters.